The second kappa shape index (κ2) is 8.13. The number of Topliss-reactive ketones (excluding diaryl/α,β-unsaturated/α-hetero) is 1. The number of hydrogen-bond donors (Lipinski definition) is 1. The van der Waals surface area contributed by atoms with Gasteiger partial charge in [0.2, 0.25) is 0 Å². The second-order valence-corrected chi connectivity index (χ2v) is 9.83. The zero-order valence-corrected chi connectivity index (χ0v) is 19.8. The van der Waals surface area contributed by atoms with Crippen molar-refractivity contribution in [3.63, 3.8) is 0 Å². The first kappa shape index (κ1) is 21.4. The SMILES string of the molecule is COc1cccc(/C(O)=C2\C(=O)C(=O)N(c3nc4c(C)cc(C)cc4s3)C2c2cccs2)c1. The van der Waals surface area contributed by atoms with Gasteiger partial charge in [0.25, 0.3) is 5.78 Å². The number of anilines is 1. The van der Waals surface area contributed by atoms with Crippen LogP contribution < -0.4 is 9.64 Å². The van der Waals surface area contributed by atoms with E-state index in [9.17, 15) is 14.7 Å². The lowest BCUT2D eigenvalue weighted by molar-refractivity contribution is -0.132. The molecule has 1 atom stereocenters. The highest BCUT2D eigenvalue weighted by Crippen LogP contribution is 2.45. The van der Waals surface area contributed by atoms with Crippen LogP contribution in [0.3, 0.4) is 0 Å². The number of nitrogens with zero attached hydrogens (tertiary/aromatic N) is 2. The molecule has 2 aromatic carbocycles. The van der Waals surface area contributed by atoms with Gasteiger partial charge in [-0.2, -0.15) is 0 Å². The van der Waals surface area contributed by atoms with Crippen molar-refractivity contribution in [1.82, 2.24) is 4.98 Å². The molecule has 2 aromatic heterocycles. The van der Waals surface area contributed by atoms with Crippen LogP contribution in [0.2, 0.25) is 0 Å². The Morgan fingerprint density at radius 3 is 2.67 bits per heavy atom. The summed E-state index contributed by atoms with van der Waals surface area (Å²) >= 11 is 2.79. The summed E-state index contributed by atoms with van der Waals surface area (Å²) in [6, 6.07) is 13.8. The lowest BCUT2D eigenvalue weighted by Gasteiger charge is -2.21. The minimum atomic E-state index is -0.766. The summed E-state index contributed by atoms with van der Waals surface area (Å²) in [6.45, 7) is 3.99. The average Bonchev–Trinajstić information content (AvgIpc) is 3.52. The second-order valence-electron chi connectivity index (χ2n) is 7.84. The minimum Gasteiger partial charge on any atom is -0.507 e. The minimum absolute atomic E-state index is 0.0443. The molecule has 166 valence electrons. The van der Waals surface area contributed by atoms with E-state index in [-0.39, 0.29) is 11.3 Å². The van der Waals surface area contributed by atoms with Gasteiger partial charge >= 0.3 is 5.91 Å². The van der Waals surface area contributed by atoms with Crippen molar-refractivity contribution in [3.05, 3.63) is 81.1 Å². The molecule has 1 aliphatic rings. The molecule has 33 heavy (non-hydrogen) atoms. The van der Waals surface area contributed by atoms with Gasteiger partial charge in [0.1, 0.15) is 17.6 Å². The van der Waals surface area contributed by atoms with Gasteiger partial charge in [-0.15, -0.1) is 11.3 Å². The standard InChI is InChI=1S/C25H20N2O4S2/c1-13-10-14(2)20-18(11-13)33-25(26-20)27-21(17-8-5-9-32-17)19(23(29)24(27)30)22(28)15-6-4-7-16(12-15)31-3/h4-12,21,28H,1-3H3/b22-19+. The topological polar surface area (TPSA) is 79.7 Å². The van der Waals surface area contributed by atoms with Gasteiger partial charge < -0.3 is 9.84 Å². The number of thiazole rings is 1. The number of fused-ring (bicyclic) bond motifs is 1. The van der Waals surface area contributed by atoms with E-state index in [0.29, 0.717) is 16.4 Å². The van der Waals surface area contributed by atoms with E-state index in [1.54, 1.807) is 24.3 Å². The maximum atomic E-state index is 13.3. The number of ether oxygens (including phenoxy) is 1. The number of aromatic nitrogens is 1. The summed E-state index contributed by atoms with van der Waals surface area (Å²) in [7, 11) is 1.53. The van der Waals surface area contributed by atoms with Crippen LogP contribution in [-0.4, -0.2) is 28.9 Å². The highest BCUT2D eigenvalue weighted by molar-refractivity contribution is 7.22. The monoisotopic (exact) mass is 476 g/mol. The third-order valence-corrected chi connectivity index (χ3v) is 7.55. The summed E-state index contributed by atoms with van der Waals surface area (Å²) in [4.78, 5) is 33.4. The van der Waals surface area contributed by atoms with Crippen molar-refractivity contribution in [2.45, 2.75) is 19.9 Å². The molecule has 0 spiro atoms. The van der Waals surface area contributed by atoms with Crippen LogP contribution in [0.1, 0.15) is 27.6 Å². The van der Waals surface area contributed by atoms with Crippen LogP contribution in [0.15, 0.2) is 59.5 Å². The molecule has 3 heterocycles. The molecule has 1 aliphatic heterocycles. The Balaban J connectivity index is 1.72. The van der Waals surface area contributed by atoms with Crippen molar-refractivity contribution in [2.24, 2.45) is 0 Å². The molecule has 1 unspecified atom stereocenters. The molecule has 8 heteroatoms. The van der Waals surface area contributed by atoms with E-state index in [1.807, 2.05) is 43.5 Å². The third kappa shape index (κ3) is 3.51. The number of rotatable bonds is 4. The third-order valence-electron chi connectivity index (χ3n) is 5.62. The number of benzene rings is 2. The van der Waals surface area contributed by atoms with Crippen molar-refractivity contribution in [2.75, 3.05) is 12.0 Å². The van der Waals surface area contributed by atoms with Gasteiger partial charge in [0, 0.05) is 10.4 Å². The summed E-state index contributed by atoms with van der Waals surface area (Å²) < 4.78 is 6.20. The number of methoxy groups -OCH3 is 1. The van der Waals surface area contributed by atoms with Crippen LogP contribution in [0.4, 0.5) is 5.13 Å². The first-order valence-electron chi connectivity index (χ1n) is 10.3. The van der Waals surface area contributed by atoms with E-state index in [1.165, 1.54) is 34.7 Å². The lowest BCUT2D eigenvalue weighted by atomic mass is 10.00. The van der Waals surface area contributed by atoms with Gasteiger partial charge in [-0.25, -0.2) is 4.98 Å². The smallest absolute Gasteiger partial charge is 0.301 e. The molecule has 5 rings (SSSR count). The van der Waals surface area contributed by atoms with Crippen LogP contribution in [0.5, 0.6) is 5.75 Å². The van der Waals surface area contributed by atoms with E-state index in [4.69, 9.17) is 9.72 Å². The molecule has 1 fully saturated rings. The number of aryl methyl sites for hydroxylation is 2. The summed E-state index contributed by atoms with van der Waals surface area (Å²) in [5.41, 5.74) is 3.37. The van der Waals surface area contributed by atoms with Crippen LogP contribution >= 0.6 is 22.7 Å². The molecule has 0 radical (unpaired) electrons. The van der Waals surface area contributed by atoms with Crippen LogP contribution in [0, 0.1) is 13.8 Å². The number of aliphatic hydroxyl groups excluding tert-OH is 1. The Morgan fingerprint density at radius 1 is 1.12 bits per heavy atom. The van der Waals surface area contributed by atoms with Crippen LogP contribution in [0.25, 0.3) is 16.0 Å². The first-order chi connectivity index (χ1) is 15.9. The van der Waals surface area contributed by atoms with Gasteiger partial charge in [0.15, 0.2) is 5.13 Å². The molecule has 1 N–H and O–H groups in total. The lowest BCUT2D eigenvalue weighted by Crippen LogP contribution is -2.28. The van der Waals surface area contributed by atoms with Crippen molar-refractivity contribution in [1.29, 1.82) is 0 Å². The Kier molecular flexibility index (Phi) is 5.26. The summed E-state index contributed by atoms with van der Waals surface area (Å²) in [6.07, 6.45) is 0. The fourth-order valence-corrected chi connectivity index (χ4v) is 6.13. The molecule has 0 bridgehead atoms. The quantitative estimate of drug-likeness (QED) is 0.235. The number of carbonyl (C=O) groups is 2. The number of amides is 1. The van der Waals surface area contributed by atoms with E-state index < -0.39 is 17.7 Å². The van der Waals surface area contributed by atoms with Crippen molar-refractivity contribution in [3.8, 4) is 5.75 Å². The molecule has 6 nitrogen and oxygen atoms in total. The Hall–Kier alpha value is -3.49. The molecular weight excluding hydrogens is 456 g/mol. The highest BCUT2D eigenvalue weighted by atomic mass is 32.1. The molecular formula is C25H20N2O4S2. The predicted molar refractivity (Wildman–Crippen MR) is 131 cm³/mol. The molecule has 0 saturated carbocycles. The number of carbonyl (C=O) groups excluding carboxylic acids is 2. The van der Waals surface area contributed by atoms with Crippen LogP contribution in [-0.2, 0) is 9.59 Å². The Labute approximate surface area is 198 Å². The maximum Gasteiger partial charge on any atom is 0.301 e. The fraction of sp³-hybridized carbons (Fsp3) is 0.160. The maximum absolute atomic E-state index is 13.3. The van der Waals surface area contributed by atoms with Gasteiger partial charge in [-0.3, -0.25) is 14.5 Å². The zero-order valence-electron chi connectivity index (χ0n) is 18.2. The first-order valence-corrected chi connectivity index (χ1v) is 11.9. The fourth-order valence-electron chi connectivity index (χ4n) is 4.13. The Morgan fingerprint density at radius 2 is 1.94 bits per heavy atom. The normalized spacial score (nSPS) is 17.8. The zero-order chi connectivity index (χ0) is 23.3. The highest BCUT2D eigenvalue weighted by Gasteiger charge is 2.48. The largest absolute Gasteiger partial charge is 0.507 e. The molecule has 4 aromatic rings. The average molecular weight is 477 g/mol. The Bertz CT molecular complexity index is 1440. The summed E-state index contributed by atoms with van der Waals surface area (Å²) in [5.74, 6) is -1.13. The van der Waals surface area contributed by atoms with Gasteiger partial charge in [-0.05, 0) is 54.6 Å². The summed E-state index contributed by atoms with van der Waals surface area (Å²) in [5, 5.41) is 13.5. The predicted octanol–water partition coefficient (Wildman–Crippen LogP) is 5.61. The number of aliphatic hydroxyl groups is 1. The van der Waals surface area contributed by atoms with Gasteiger partial charge in [-0.1, -0.05) is 35.6 Å². The van der Waals surface area contributed by atoms with Gasteiger partial charge in [0.05, 0.1) is 22.9 Å². The molecule has 1 saturated heterocycles. The number of thiophene rings is 1. The van der Waals surface area contributed by atoms with E-state index in [0.717, 1.165) is 26.2 Å². The molecule has 0 aliphatic carbocycles. The number of ketones is 1. The number of hydrogen-bond acceptors (Lipinski definition) is 7. The van der Waals surface area contributed by atoms with Crippen molar-refractivity contribution < 1.29 is 19.4 Å². The van der Waals surface area contributed by atoms with E-state index in [2.05, 4.69) is 0 Å². The van der Waals surface area contributed by atoms with E-state index >= 15 is 0 Å². The molecule has 1 amide bonds. The van der Waals surface area contributed by atoms with Crippen molar-refractivity contribution >= 4 is 55.5 Å².